The van der Waals surface area contributed by atoms with Crippen LogP contribution in [0.2, 0.25) is 5.02 Å². The number of aromatic nitrogens is 1. The van der Waals surface area contributed by atoms with Crippen molar-refractivity contribution in [2.45, 2.75) is 25.4 Å². The van der Waals surface area contributed by atoms with Gasteiger partial charge in [-0.2, -0.15) is 0 Å². The molecular formula is C21H18ClN3O2. The molecule has 0 saturated carbocycles. The molecule has 2 amide bonds. The first-order valence-electron chi connectivity index (χ1n) is 9.07. The fourth-order valence-corrected chi connectivity index (χ4v) is 4.43. The van der Waals surface area contributed by atoms with Crippen molar-refractivity contribution in [1.82, 2.24) is 9.88 Å². The fourth-order valence-electron chi connectivity index (χ4n) is 4.24. The van der Waals surface area contributed by atoms with Gasteiger partial charge in [-0.05, 0) is 29.8 Å². The Bertz CT molecular complexity index is 1070. The summed E-state index contributed by atoms with van der Waals surface area (Å²) in [6.07, 6.45) is 1.06. The molecule has 0 radical (unpaired) electrons. The maximum absolute atomic E-state index is 13.1. The average Bonchev–Trinajstić information content (AvgIpc) is 3.18. The van der Waals surface area contributed by atoms with Crippen molar-refractivity contribution in [1.29, 1.82) is 0 Å². The van der Waals surface area contributed by atoms with Gasteiger partial charge in [-0.3, -0.25) is 14.5 Å². The molecule has 1 aromatic heterocycles. The highest BCUT2D eigenvalue weighted by molar-refractivity contribution is 6.31. The van der Waals surface area contributed by atoms with Crippen LogP contribution >= 0.6 is 11.6 Å². The van der Waals surface area contributed by atoms with Crippen molar-refractivity contribution in [3.63, 3.8) is 0 Å². The molecule has 3 aromatic rings. The SMILES string of the molecule is O=C1C[C@H](N2CCc3[nH]c4ccccc4c3C2)C(=O)N1c1cccc(Cl)c1. The normalized spacial score (nSPS) is 20.5. The van der Waals surface area contributed by atoms with Gasteiger partial charge in [0.05, 0.1) is 18.2 Å². The van der Waals surface area contributed by atoms with E-state index in [0.717, 1.165) is 18.5 Å². The van der Waals surface area contributed by atoms with Crippen LogP contribution in [0.5, 0.6) is 0 Å². The van der Waals surface area contributed by atoms with Crippen molar-refractivity contribution in [3.05, 3.63) is 64.8 Å². The highest BCUT2D eigenvalue weighted by Gasteiger charge is 2.43. The molecule has 0 unspecified atom stereocenters. The lowest BCUT2D eigenvalue weighted by Crippen LogP contribution is -2.44. The molecule has 0 bridgehead atoms. The Morgan fingerprint density at radius 1 is 1.07 bits per heavy atom. The van der Waals surface area contributed by atoms with E-state index in [4.69, 9.17) is 11.6 Å². The number of para-hydroxylation sites is 1. The molecule has 1 atom stereocenters. The van der Waals surface area contributed by atoms with Gasteiger partial charge in [-0.1, -0.05) is 35.9 Å². The molecule has 3 heterocycles. The van der Waals surface area contributed by atoms with E-state index in [1.54, 1.807) is 24.3 Å². The number of hydrogen-bond acceptors (Lipinski definition) is 3. The molecule has 0 spiro atoms. The number of amides is 2. The van der Waals surface area contributed by atoms with Crippen LogP contribution in [0.15, 0.2) is 48.5 Å². The molecule has 27 heavy (non-hydrogen) atoms. The zero-order chi connectivity index (χ0) is 18.5. The largest absolute Gasteiger partial charge is 0.358 e. The van der Waals surface area contributed by atoms with Crippen molar-refractivity contribution < 1.29 is 9.59 Å². The summed E-state index contributed by atoms with van der Waals surface area (Å²) in [6.45, 7) is 1.43. The highest BCUT2D eigenvalue weighted by Crippen LogP contribution is 2.32. The van der Waals surface area contributed by atoms with Crippen LogP contribution in [0.25, 0.3) is 10.9 Å². The van der Waals surface area contributed by atoms with Gasteiger partial charge >= 0.3 is 0 Å². The first kappa shape index (κ1) is 16.5. The van der Waals surface area contributed by atoms with E-state index >= 15 is 0 Å². The molecule has 5 rings (SSSR count). The predicted octanol–water partition coefficient (Wildman–Crippen LogP) is 3.51. The number of rotatable bonds is 2. The molecule has 2 aliphatic heterocycles. The standard InChI is InChI=1S/C21H18ClN3O2/c22-13-4-3-5-14(10-13)25-20(26)11-19(21(25)27)24-9-8-18-16(12-24)15-6-1-2-7-17(15)23-18/h1-7,10,19,23H,8-9,11-12H2/t19-/m0/s1. The number of benzene rings is 2. The van der Waals surface area contributed by atoms with Crippen LogP contribution < -0.4 is 4.90 Å². The summed E-state index contributed by atoms with van der Waals surface area (Å²) in [4.78, 5) is 32.5. The molecule has 2 aliphatic rings. The van der Waals surface area contributed by atoms with Crippen LogP contribution in [-0.2, 0) is 22.6 Å². The second-order valence-corrected chi connectivity index (χ2v) is 7.55. The maximum Gasteiger partial charge on any atom is 0.251 e. The number of H-pyrrole nitrogens is 1. The number of hydrogen-bond donors (Lipinski definition) is 1. The first-order chi connectivity index (χ1) is 13.1. The van der Waals surface area contributed by atoms with Crippen molar-refractivity contribution in [2.24, 2.45) is 0 Å². The molecule has 1 saturated heterocycles. The molecule has 6 heteroatoms. The van der Waals surface area contributed by atoms with Gasteiger partial charge in [0, 0.05) is 41.1 Å². The van der Waals surface area contributed by atoms with Crippen molar-refractivity contribution >= 4 is 40.0 Å². The first-order valence-corrected chi connectivity index (χ1v) is 9.44. The number of halogens is 1. The van der Waals surface area contributed by atoms with E-state index in [-0.39, 0.29) is 18.2 Å². The summed E-state index contributed by atoms with van der Waals surface area (Å²) < 4.78 is 0. The van der Waals surface area contributed by atoms with E-state index in [1.807, 2.05) is 12.1 Å². The Morgan fingerprint density at radius 2 is 1.93 bits per heavy atom. The highest BCUT2D eigenvalue weighted by atomic mass is 35.5. The van der Waals surface area contributed by atoms with Gasteiger partial charge in [0.25, 0.3) is 5.91 Å². The summed E-state index contributed by atoms with van der Waals surface area (Å²) in [6, 6.07) is 14.7. The second-order valence-electron chi connectivity index (χ2n) is 7.12. The van der Waals surface area contributed by atoms with Gasteiger partial charge in [0.1, 0.15) is 0 Å². The van der Waals surface area contributed by atoms with Crippen LogP contribution in [0.3, 0.4) is 0 Å². The van der Waals surface area contributed by atoms with Gasteiger partial charge in [-0.25, -0.2) is 4.90 Å². The Balaban J connectivity index is 1.44. The van der Waals surface area contributed by atoms with Crippen molar-refractivity contribution in [2.75, 3.05) is 11.4 Å². The summed E-state index contributed by atoms with van der Waals surface area (Å²) in [5.41, 5.74) is 4.14. The Morgan fingerprint density at radius 3 is 2.78 bits per heavy atom. The van der Waals surface area contributed by atoms with Gasteiger partial charge < -0.3 is 4.98 Å². The Labute approximate surface area is 161 Å². The maximum atomic E-state index is 13.1. The number of imide groups is 1. The van der Waals surface area contributed by atoms with E-state index in [9.17, 15) is 9.59 Å². The molecule has 1 N–H and O–H groups in total. The Kier molecular flexibility index (Phi) is 3.81. The number of carbonyl (C=O) groups is 2. The summed E-state index contributed by atoms with van der Waals surface area (Å²) in [5.74, 6) is -0.331. The van der Waals surface area contributed by atoms with Crippen LogP contribution in [0.1, 0.15) is 17.7 Å². The van der Waals surface area contributed by atoms with Crippen LogP contribution in [0.4, 0.5) is 5.69 Å². The minimum absolute atomic E-state index is 0.162. The quantitative estimate of drug-likeness (QED) is 0.693. The third-order valence-electron chi connectivity index (χ3n) is 5.54. The minimum Gasteiger partial charge on any atom is -0.358 e. The third kappa shape index (κ3) is 2.66. The zero-order valence-corrected chi connectivity index (χ0v) is 15.4. The van der Waals surface area contributed by atoms with Crippen LogP contribution in [-0.4, -0.2) is 34.3 Å². The van der Waals surface area contributed by atoms with Gasteiger partial charge in [-0.15, -0.1) is 0 Å². The molecular weight excluding hydrogens is 362 g/mol. The molecule has 136 valence electrons. The number of fused-ring (bicyclic) bond motifs is 3. The monoisotopic (exact) mass is 379 g/mol. The average molecular weight is 380 g/mol. The van der Waals surface area contributed by atoms with Gasteiger partial charge in [0.2, 0.25) is 5.91 Å². The smallest absolute Gasteiger partial charge is 0.251 e. The molecule has 2 aromatic carbocycles. The zero-order valence-electron chi connectivity index (χ0n) is 14.6. The summed E-state index contributed by atoms with van der Waals surface area (Å²) >= 11 is 6.04. The molecule has 5 nitrogen and oxygen atoms in total. The summed E-state index contributed by atoms with van der Waals surface area (Å²) in [5, 5.41) is 1.71. The van der Waals surface area contributed by atoms with Gasteiger partial charge in [0.15, 0.2) is 0 Å². The fraction of sp³-hybridized carbons (Fsp3) is 0.238. The van der Waals surface area contributed by atoms with E-state index in [2.05, 4.69) is 22.0 Å². The van der Waals surface area contributed by atoms with E-state index in [0.29, 0.717) is 17.3 Å². The molecule has 1 fully saturated rings. The van der Waals surface area contributed by atoms with E-state index < -0.39 is 6.04 Å². The molecule has 0 aliphatic carbocycles. The predicted molar refractivity (Wildman–Crippen MR) is 105 cm³/mol. The minimum atomic E-state index is -0.418. The van der Waals surface area contributed by atoms with Crippen molar-refractivity contribution in [3.8, 4) is 0 Å². The number of nitrogens with one attached hydrogen (secondary N) is 1. The topological polar surface area (TPSA) is 56.4 Å². The second kappa shape index (κ2) is 6.22. The number of aromatic amines is 1. The number of anilines is 1. The number of nitrogens with zero attached hydrogens (tertiary/aromatic N) is 2. The third-order valence-corrected chi connectivity index (χ3v) is 5.78. The van der Waals surface area contributed by atoms with Crippen LogP contribution in [0, 0.1) is 0 Å². The lowest BCUT2D eigenvalue weighted by molar-refractivity contribution is -0.123. The lowest BCUT2D eigenvalue weighted by Gasteiger charge is -2.31. The summed E-state index contributed by atoms with van der Waals surface area (Å²) in [7, 11) is 0. The number of carbonyl (C=O) groups excluding carboxylic acids is 2. The Hall–Kier alpha value is -2.63. The lowest BCUT2D eigenvalue weighted by atomic mass is 10.0. The van der Waals surface area contributed by atoms with E-state index in [1.165, 1.54) is 21.5 Å².